The van der Waals surface area contributed by atoms with Gasteiger partial charge in [0.25, 0.3) is 0 Å². The summed E-state index contributed by atoms with van der Waals surface area (Å²) >= 11 is 0. The molecule has 17 heavy (non-hydrogen) atoms. The number of rotatable bonds is 4. The molecule has 0 aromatic carbocycles. The van der Waals surface area contributed by atoms with Gasteiger partial charge in [-0.25, -0.2) is 0 Å². The van der Waals surface area contributed by atoms with E-state index in [4.69, 9.17) is 10.5 Å². The summed E-state index contributed by atoms with van der Waals surface area (Å²) < 4.78 is 5.49. The fourth-order valence-corrected chi connectivity index (χ4v) is 2.77. The fourth-order valence-electron chi connectivity index (χ4n) is 2.77. The van der Waals surface area contributed by atoms with Crippen LogP contribution in [-0.4, -0.2) is 43.3 Å². The number of methoxy groups -OCH3 is 1. The number of piperidine rings is 1. The third-order valence-corrected chi connectivity index (χ3v) is 4.28. The van der Waals surface area contributed by atoms with Gasteiger partial charge in [0.05, 0.1) is 12.2 Å². The van der Waals surface area contributed by atoms with E-state index in [0.29, 0.717) is 18.4 Å². The number of ether oxygens (including phenoxy) is 1. The first-order valence-corrected chi connectivity index (χ1v) is 6.54. The van der Waals surface area contributed by atoms with E-state index in [0.717, 1.165) is 32.4 Å². The SMILES string of the molecule is COC1CN(CC(N)(C#N)C2CC2)CCC1C. The quantitative estimate of drug-likeness (QED) is 0.791. The number of nitrogens with two attached hydrogens (primary N) is 1. The standard InChI is InChI=1S/C13H23N3O/c1-10-5-6-16(7-12(10)17-2)9-13(15,8-14)11-3-4-11/h10-12H,3-7,9,15H2,1-2H3. The van der Waals surface area contributed by atoms with Crippen LogP contribution in [0.4, 0.5) is 0 Å². The Kier molecular flexibility index (Phi) is 3.72. The lowest BCUT2D eigenvalue weighted by Gasteiger charge is -2.39. The van der Waals surface area contributed by atoms with Crippen molar-refractivity contribution >= 4 is 0 Å². The molecule has 0 radical (unpaired) electrons. The van der Waals surface area contributed by atoms with Crippen LogP contribution in [0, 0.1) is 23.2 Å². The molecule has 4 heteroatoms. The molecule has 0 aromatic rings. The van der Waals surface area contributed by atoms with Crippen molar-refractivity contribution in [1.82, 2.24) is 4.90 Å². The van der Waals surface area contributed by atoms with Gasteiger partial charge in [-0.15, -0.1) is 0 Å². The minimum absolute atomic E-state index is 0.283. The van der Waals surface area contributed by atoms with Crippen molar-refractivity contribution in [3.05, 3.63) is 0 Å². The van der Waals surface area contributed by atoms with Crippen molar-refractivity contribution < 1.29 is 4.74 Å². The van der Waals surface area contributed by atoms with Gasteiger partial charge in [0, 0.05) is 20.2 Å². The summed E-state index contributed by atoms with van der Waals surface area (Å²) in [6, 6.07) is 2.33. The first-order valence-electron chi connectivity index (χ1n) is 6.54. The first kappa shape index (κ1) is 12.8. The molecule has 1 heterocycles. The summed E-state index contributed by atoms with van der Waals surface area (Å²) in [6.07, 6.45) is 3.64. The van der Waals surface area contributed by atoms with Gasteiger partial charge in [-0.05, 0) is 37.6 Å². The third kappa shape index (κ3) is 2.79. The second-order valence-corrected chi connectivity index (χ2v) is 5.70. The smallest absolute Gasteiger partial charge is 0.119 e. The van der Waals surface area contributed by atoms with Crippen molar-refractivity contribution in [2.75, 3.05) is 26.7 Å². The van der Waals surface area contributed by atoms with Crippen LogP contribution in [0.2, 0.25) is 0 Å². The molecular formula is C13H23N3O. The van der Waals surface area contributed by atoms with Gasteiger partial charge >= 0.3 is 0 Å². The fraction of sp³-hybridized carbons (Fsp3) is 0.923. The highest BCUT2D eigenvalue weighted by Gasteiger charge is 2.44. The third-order valence-electron chi connectivity index (χ3n) is 4.28. The lowest BCUT2D eigenvalue weighted by molar-refractivity contribution is -0.00954. The maximum atomic E-state index is 9.27. The zero-order chi connectivity index (χ0) is 12.5. The highest BCUT2D eigenvalue weighted by molar-refractivity contribution is 5.15. The Bertz CT molecular complexity index is 310. The van der Waals surface area contributed by atoms with Crippen LogP contribution in [0.1, 0.15) is 26.2 Å². The van der Waals surface area contributed by atoms with Gasteiger partial charge in [-0.2, -0.15) is 5.26 Å². The van der Waals surface area contributed by atoms with Crippen LogP contribution in [0.3, 0.4) is 0 Å². The molecule has 0 bridgehead atoms. The highest BCUT2D eigenvalue weighted by Crippen LogP contribution is 2.38. The van der Waals surface area contributed by atoms with E-state index in [2.05, 4.69) is 17.9 Å². The van der Waals surface area contributed by atoms with Crippen LogP contribution in [0.15, 0.2) is 0 Å². The molecule has 1 saturated carbocycles. The first-order chi connectivity index (χ1) is 8.09. The summed E-state index contributed by atoms with van der Waals surface area (Å²) in [6.45, 7) is 4.87. The summed E-state index contributed by atoms with van der Waals surface area (Å²) in [4.78, 5) is 2.30. The average Bonchev–Trinajstić information content (AvgIpc) is 3.16. The largest absolute Gasteiger partial charge is 0.380 e. The lowest BCUT2D eigenvalue weighted by atomic mass is 9.91. The average molecular weight is 237 g/mol. The van der Waals surface area contributed by atoms with E-state index in [1.54, 1.807) is 7.11 Å². The Morgan fingerprint density at radius 2 is 2.18 bits per heavy atom. The van der Waals surface area contributed by atoms with E-state index in [-0.39, 0.29) is 6.10 Å². The van der Waals surface area contributed by atoms with E-state index in [1.807, 2.05) is 0 Å². The molecule has 4 nitrogen and oxygen atoms in total. The molecule has 0 amide bonds. The number of nitrogens with zero attached hydrogens (tertiary/aromatic N) is 2. The van der Waals surface area contributed by atoms with Crippen molar-refractivity contribution in [3.8, 4) is 6.07 Å². The molecule has 2 aliphatic rings. The summed E-state index contributed by atoms with van der Waals surface area (Å²) in [5, 5.41) is 9.27. The van der Waals surface area contributed by atoms with Crippen LogP contribution >= 0.6 is 0 Å². The van der Waals surface area contributed by atoms with Gasteiger partial charge in [-0.1, -0.05) is 6.92 Å². The van der Waals surface area contributed by atoms with Gasteiger partial charge in [0.1, 0.15) is 5.54 Å². The Morgan fingerprint density at radius 3 is 2.71 bits per heavy atom. The van der Waals surface area contributed by atoms with Crippen LogP contribution < -0.4 is 5.73 Å². The summed E-state index contributed by atoms with van der Waals surface area (Å²) in [5.41, 5.74) is 5.57. The Morgan fingerprint density at radius 1 is 1.47 bits per heavy atom. The predicted octanol–water partition coefficient (Wildman–Crippen LogP) is 0.974. The maximum Gasteiger partial charge on any atom is 0.119 e. The van der Waals surface area contributed by atoms with Crippen molar-refractivity contribution in [2.45, 2.75) is 37.8 Å². The molecule has 2 fully saturated rings. The van der Waals surface area contributed by atoms with E-state index in [9.17, 15) is 5.26 Å². The Balaban J connectivity index is 1.93. The number of hydrogen-bond donors (Lipinski definition) is 1. The number of hydrogen-bond acceptors (Lipinski definition) is 4. The van der Waals surface area contributed by atoms with Crippen LogP contribution in [0.5, 0.6) is 0 Å². The normalized spacial score (nSPS) is 34.0. The number of likely N-dealkylation sites (tertiary alicyclic amines) is 1. The van der Waals surface area contributed by atoms with Crippen LogP contribution in [-0.2, 0) is 4.74 Å². The molecule has 1 saturated heterocycles. The van der Waals surface area contributed by atoms with Crippen molar-refractivity contribution in [1.29, 1.82) is 5.26 Å². The molecule has 0 aromatic heterocycles. The minimum atomic E-state index is -0.640. The number of nitriles is 1. The Hall–Kier alpha value is -0.630. The van der Waals surface area contributed by atoms with E-state index in [1.165, 1.54) is 0 Å². The molecule has 1 aliphatic heterocycles. The molecule has 0 spiro atoms. The molecule has 2 N–H and O–H groups in total. The molecule has 96 valence electrons. The van der Waals surface area contributed by atoms with Gasteiger partial charge in [0.15, 0.2) is 0 Å². The predicted molar refractivity (Wildman–Crippen MR) is 66.3 cm³/mol. The summed E-state index contributed by atoms with van der Waals surface area (Å²) in [5.74, 6) is 1.01. The second kappa shape index (κ2) is 4.93. The second-order valence-electron chi connectivity index (χ2n) is 5.70. The van der Waals surface area contributed by atoms with Crippen LogP contribution in [0.25, 0.3) is 0 Å². The van der Waals surface area contributed by atoms with Crippen molar-refractivity contribution in [3.63, 3.8) is 0 Å². The highest BCUT2D eigenvalue weighted by atomic mass is 16.5. The Labute approximate surface area is 104 Å². The minimum Gasteiger partial charge on any atom is -0.380 e. The summed E-state index contributed by atoms with van der Waals surface area (Å²) in [7, 11) is 1.77. The van der Waals surface area contributed by atoms with Gasteiger partial charge < -0.3 is 10.5 Å². The van der Waals surface area contributed by atoms with Gasteiger partial charge in [-0.3, -0.25) is 4.90 Å². The molecule has 1 aliphatic carbocycles. The van der Waals surface area contributed by atoms with Gasteiger partial charge in [0.2, 0.25) is 0 Å². The van der Waals surface area contributed by atoms with E-state index < -0.39 is 5.54 Å². The zero-order valence-electron chi connectivity index (χ0n) is 10.9. The lowest BCUT2D eigenvalue weighted by Crippen LogP contribution is -2.55. The molecule has 2 rings (SSSR count). The van der Waals surface area contributed by atoms with E-state index >= 15 is 0 Å². The monoisotopic (exact) mass is 237 g/mol. The zero-order valence-corrected chi connectivity index (χ0v) is 10.9. The van der Waals surface area contributed by atoms with Crippen molar-refractivity contribution in [2.24, 2.45) is 17.6 Å². The topological polar surface area (TPSA) is 62.3 Å². The molecule has 3 atom stereocenters. The molecular weight excluding hydrogens is 214 g/mol. The maximum absolute atomic E-state index is 9.27. The molecule has 3 unspecified atom stereocenters.